The largest absolute Gasteiger partial charge is 0.380 e. The molecule has 0 aliphatic rings. The molecule has 0 aliphatic heterocycles. The molecule has 0 aromatic carbocycles. The van der Waals surface area contributed by atoms with Crippen molar-refractivity contribution < 1.29 is 9.53 Å². The molecule has 1 atom stereocenters. The summed E-state index contributed by atoms with van der Waals surface area (Å²) >= 11 is 5.95. The number of nitrogens with zero attached hydrogens (tertiary/aromatic N) is 2. The highest BCUT2D eigenvalue weighted by Crippen LogP contribution is 2.21. The van der Waals surface area contributed by atoms with E-state index < -0.39 is 0 Å². The van der Waals surface area contributed by atoms with E-state index in [0.29, 0.717) is 37.1 Å². The van der Waals surface area contributed by atoms with Crippen LogP contribution in [-0.4, -0.2) is 35.5 Å². The van der Waals surface area contributed by atoms with E-state index in [0.717, 1.165) is 0 Å². The van der Waals surface area contributed by atoms with Crippen molar-refractivity contribution in [2.75, 3.05) is 18.5 Å². The van der Waals surface area contributed by atoms with E-state index in [4.69, 9.17) is 16.3 Å². The number of nitrogens with one attached hydrogen (secondary N) is 1. The molecular weight excluding hydrogens is 266 g/mol. The van der Waals surface area contributed by atoms with E-state index in [9.17, 15) is 4.79 Å². The first-order valence-corrected chi connectivity index (χ1v) is 6.71. The van der Waals surface area contributed by atoms with Gasteiger partial charge < -0.3 is 10.1 Å². The third kappa shape index (κ3) is 4.44. The van der Waals surface area contributed by atoms with Gasteiger partial charge in [0.25, 0.3) is 0 Å². The third-order valence-corrected chi connectivity index (χ3v) is 3.05. The molecule has 1 unspecified atom stereocenters. The zero-order chi connectivity index (χ0) is 14.4. The van der Waals surface area contributed by atoms with Gasteiger partial charge in [-0.1, -0.05) is 25.4 Å². The molecule has 1 N–H and O–H groups in total. The van der Waals surface area contributed by atoms with Crippen molar-refractivity contribution in [1.82, 2.24) is 9.97 Å². The number of anilines is 1. The molecule has 0 fully saturated rings. The zero-order valence-corrected chi connectivity index (χ0v) is 12.5. The molecule has 0 saturated carbocycles. The van der Waals surface area contributed by atoms with Crippen LogP contribution in [0.15, 0.2) is 0 Å². The number of hydrogen-bond donors (Lipinski definition) is 1. The van der Waals surface area contributed by atoms with Gasteiger partial charge in [-0.05, 0) is 19.8 Å². The maximum atomic E-state index is 11.1. The Morgan fingerprint density at radius 3 is 2.63 bits per heavy atom. The smallest absolute Gasteiger partial charge is 0.156 e. The first-order valence-electron chi connectivity index (χ1n) is 6.33. The summed E-state index contributed by atoms with van der Waals surface area (Å²) < 4.78 is 5.44. The number of hydrogen-bond acceptors (Lipinski definition) is 5. The molecule has 106 valence electrons. The van der Waals surface area contributed by atoms with Crippen LogP contribution >= 0.6 is 11.6 Å². The van der Waals surface area contributed by atoms with Crippen molar-refractivity contribution in [1.29, 1.82) is 0 Å². The van der Waals surface area contributed by atoms with Crippen LogP contribution in [0.1, 0.15) is 37.0 Å². The first-order chi connectivity index (χ1) is 8.99. The lowest BCUT2D eigenvalue weighted by atomic mass is 10.1. The molecule has 0 radical (unpaired) electrons. The second-order valence-electron chi connectivity index (χ2n) is 4.60. The summed E-state index contributed by atoms with van der Waals surface area (Å²) in [4.78, 5) is 19.3. The lowest BCUT2D eigenvalue weighted by Gasteiger charge is -2.23. The Bertz CT molecular complexity index is 438. The summed E-state index contributed by atoms with van der Waals surface area (Å²) in [5.41, 5.74) is 0.286. The topological polar surface area (TPSA) is 64.1 Å². The fraction of sp³-hybridized carbons (Fsp3) is 0.615. The quantitative estimate of drug-likeness (QED) is 0.616. The van der Waals surface area contributed by atoms with Gasteiger partial charge in [0.2, 0.25) is 0 Å². The molecule has 1 rings (SSSR count). The Balaban J connectivity index is 2.98. The number of ether oxygens (including phenoxy) is 1. The molecule has 0 bridgehead atoms. The van der Waals surface area contributed by atoms with E-state index in [1.807, 2.05) is 6.92 Å². The van der Waals surface area contributed by atoms with Crippen LogP contribution in [0, 0.1) is 12.8 Å². The molecule has 5 nitrogen and oxygen atoms in total. The number of aldehydes is 1. The van der Waals surface area contributed by atoms with Gasteiger partial charge in [0.15, 0.2) is 6.29 Å². The van der Waals surface area contributed by atoms with Gasteiger partial charge in [0, 0.05) is 6.61 Å². The summed E-state index contributed by atoms with van der Waals surface area (Å²) in [6.45, 7) is 9.03. The van der Waals surface area contributed by atoms with Crippen molar-refractivity contribution in [3.8, 4) is 0 Å². The number of aryl methyl sites for hydroxylation is 1. The first kappa shape index (κ1) is 15.9. The molecule has 6 heteroatoms. The Morgan fingerprint density at radius 1 is 1.42 bits per heavy atom. The molecular formula is C13H20ClN3O2. The van der Waals surface area contributed by atoms with E-state index in [1.54, 1.807) is 6.92 Å². The average molecular weight is 286 g/mol. The fourth-order valence-electron chi connectivity index (χ4n) is 1.58. The van der Waals surface area contributed by atoms with E-state index >= 15 is 0 Å². The van der Waals surface area contributed by atoms with Crippen LogP contribution in [0.4, 0.5) is 5.82 Å². The summed E-state index contributed by atoms with van der Waals surface area (Å²) in [6, 6.07) is 0.0593. The SMILES string of the molecule is CCOCC(Nc1nc(C)nc(Cl)c1C=O)C(C)C. The molecule has 0 aliphatic carbocycles. The Labute approximate surface area is 118 Å². The van der Waals surface area contributed by atoms with Gasteiger partial charge in [-0.2, -0.15) is 0 Å². The molecule has 1 aromatic rings. The number of halogens is 1. The van der Waals surface area contributed by atoms with Gasteiger partial charge in [-0.3, -0.25) is 4.79 Å². The minimum absolute atomic E-state index is 0.0593. The summed E-state index contributed by atoms with van der Waals surface area (Å²) in [5, 5.41) is 3.39. The van der Waals surface area contributed by atoms with Crippen LogP contribution in [-0.2, 0) is 4.74 Å². The Hall–Kier alpha value is -1.20. The van der Waals surface area contributed by atoms with Gasteiger partial charge in [-0.25, -0.2) is 9.97 Å². The van der Waals surface area contributed by atoms with Gasteiger partial charge in [0.1, 0.15) is 16.8 Å². The number of carbonyl (C=O) groups excluding carboxylic acids is 1. The van der Waals surface area contributed by atoms with Crippen LogP contribution < -0.4 is 5.32 Å². The number of carbonyl (C=O) groups is 1. The van der Waals surface area contributed by atoms with E-state index in [1.165, 1.54) is 0 Å². The zero-order valence-electron chi connectivity index (χ0n) is 11.7. The van der Waals surface area contributed by atoms with Gasteiger partial charge >= 0.3 is 0 Å². The van der Waals surface area contributed by atoms with Gasteiger partial charge in [0.05, 0.1) is 18.2 Å². The predicted octanol–water partition coefficient (Wildman–Crippen LogP) is 2.72. The van der Waals surface area contributed by atoms with Crippen molar-refractivity contribution in [3.05, 3.63) is 16.5 Å². The Morgan fingerprint density at radius 2 is 2.11 bits per heavy atom. The van der Waals surface area contributed by atoms with Crippen LogP contribution in [0.25, 0.3) is 0 Å². The Kier molecular flexibility index (Phi) is 6.18. The molecule has 0 saturated heterocycles. The second kappa shape index (κ2) is 7.40. The molecule has 1 heterocycles. The van der Waals surface area contributed by atoms with Crippen molar-refractivity contribution in [2.45, 2.75) is 33.7 Å². The van der Waals surface area contributed by atoms with Crippen molar-refractivity contribution >= 4 is 23.7 Å². The summed E-state index contributed by atoms with van der Waals surface area (Å²) in [6.07, 6.45) is 0.669. The normalized spacial score (nSPS) is 12.5. The van der Waals surface area contributed by atoms with Crippen LogP contribution in [0.2, 0.25) is 5.15 Å². The maximum Gasteiger partial charge on any atom is 0.156 e. The second-order valence-corrected chi connectivity index (χ2v) is 4.95. The van der Waals surface area contributed by atoms with Crippen LogP contribution in [0.5, 0.6) is 0 Å². The summed E-state index contributed by atoms with van der Waals surface area (Å²) in [7, 11) is 0. The highest BCUT2D eigenvalue weighted by Gasteiger charge is 2.18. The lowest BCUT2D eigenvalue weighted by Crippen LogP contribution is -2.32. The molecule has 0 spiro atoms. The van der Waals surface area contributed by atoms with Crippen molar-refractivity contribution in [2.24, 2.45) is 5.92 Å². The standard InChI is InChI=1S/C13H20ClN3O2/c1-5-19-7-11(8(2)3)17-13-10(6-18)12(14)15-9(4)16-13/h6,8,11H,5,7H2,1-4H3,(H,15,16,17). The highest BCUT2D eigenvalue weighted by atomic mass is 35.5. The van der Waals surface area contributed by atoms with Crippen LogP contribution in [0.3, 0.4) is 0 Å². The minimum Gasteiger partial charge on any atom is -0.380 e. The van der Waals surface area contributed by atoms with Gasteiger partial charge in [-0.15, -0.1) is 0 Å². The van der Waals surface area contributed by atoms with Crippen molar-refractivity contribution in [3.63, 3.8) is 0 Å². The summed E-state index contributed by atoms with van der Waals surface area (Å²) in [5.74, 6) is 1.32. The monoisotopic (exact) mass is 285 g/mol. The minimum atomic E-state index is 0.0593. The third-order valence-electron chi connectivity index (χ3n) is 2.76. The molecule has 1 aromatic heterocycles. The highest BCUT2D eigenvalue weighted by molar-refractivity contribution is 6.32. The maximum absolute atomic E-state index is 11.1. The van der Waals surface area contributed by atoms with E-state index in [-0.39, 0.29) is 16.8 Å². The predicted molar refractivity (Wildman–Crippen MR) is 75.9 cm³/mol. The number of rotatable bonds is 7. The van der Waals surface area contributed by atoms with E-state index in [2.05, 4.69) is 29.1 Å². The average Bonchev–Trinajstić information content (AvgIpc) is 2.33. The lowest BCUT2D eigenvalue weighted by molar-refractivity contribution is 0.112. The molecule has 0 amide bonds. The number of aromatic nitrogens is 2. The fourth-order valence-corrected chi connectivity index (χ4v) is 1.84. The molecule has 19 heavy (non-hydrogen) atoms.